The highest BCUT2D eigenvalue weighted by atomic mass is 127. The van der Waals surface area contributed by atoms with Crippen LogP contribution in [0.4, 0.5) is 0 Å². The van der Waals surface area contributed by atoms with E-state index in [2.05, 4.69) is 93.3 Å². The van der Waals surface area contributed by atoms with Crippen molar-refractivity contribution in [3.8, 4) is 5.75 Å². The minimum atomic E-state index is 0.492. The lowest BCUT2D eigenvalue weighted by Gasteiger charge is -2.39. The van der Waals surface area contributed by atoms with Gasteiger partial charge in [-0.15, -0.1) is 0 Å². The predicted octanol–water partition coefficient (Wildman–Crippen LogP) is 5.17. The number of rotatable bonds is 5. The maximum absolute atomic E-state index is 5.29. The molecule has 0 amide bonds. The van der Waals surface area contributed by atoms with Crippen molar-refractivity contribution in [3.63, 3.8) is 0 Å². The first-order valence-electron chi connectivity index (χ1n) is 9.48. The van der Waals surface area contributed by atoms with E-state index in [1.54, 1.807) is 7.11 Å². The van der Waals surface area contributed by atoms with Crippen LogP contribution in [0, 0.1) is 0 Å². The second-order valence-electron chi connectivity index (χ2n) is 7.81. The number of nitrogens with zero attached hydrogens (tertiary/aromatic N) is 2. The average Bonchev–Trinajstić information content (AvgIpc) is 3.20. The average molecular weight is 462 g/mol. The Morgan fingerprint density at radius 1 is 1.12 bits per heavy atom. The summed E-state index contributed by atoms with van der Waals surface area (Å²) in [6.45, 7) is 6.80. The fourth-order valence-corrected chi connectivity index (χ4v) is 5.68. The summed E-state index contributed by atoms with van der Waals surface area (Å²) in [5.74, 6) is 1.49. The van der Waals surface area contributed by atoms with Crippen LogP contribution in [0.25, 0.3) is 0 Å². The Hall–Kier alpha value is -1.11. The van der Waals surface area contributed by atoms with E-state index in [0.717, 1.165) is 12.3 Å². The van der Waals surface area contributed by atoms with E-state index in [-0.39, 0.29) is 0 Å². The molecule has 4 rings (SSSR count). The molecule has 0 aromatic heterocycles. The number of halogens is 1. The van der Waals surface area contributed by atoms with Crippen molar-refractivity contribution in [2.24, 2.45) is 0 Å². The van der Waals surface area contributed by atoms with Crippen LogP contribution in [0.2, 0.25) is 0 Å². The van der Waals surface area contributed by atoms with Gasteiger partial charge in [-0.25, -0.2) is 3.11 Å². The van der Waals surface area contributed by atoms with Gasteiger partial charge in [-0.3, -0.25) is 4.90 Å². The van der Waals surface area contributed by atoms with E-state index < -0.39 is 0 Å². The number of likely N-dealkylation sites (tertiary alicyclic amines) is 1. The van der Waals surface area contributed by atoms with Gasteiger partial charge >= 0.3 is 0 Å². The van der Waals surface area contributed by atoms with E-state index in [1.165, 1.54) is 29.7 Å². The molecule has 0 spiro atoms. The fourth-order valence-electron chi connectivity index (χ4n) is 4.60. The number of fused-ring (bicyclic) bond motifs is 2. The van der Waals surface area contributed by atoms with Gasteiger partial charge in [-0.1, -0.05) is 50.2 Å². The SMILES string of the molecule is COc1ccc(CN2CC3CC2C(c2ccccc2C(C)C)N3I)cc1. The fraction of sp³-hybridized carbons (Fsp3) is 0.455. The van der Waals surface area contributed by atoms with Crippen molar-refractivity contribution in [1.29, 1.82) is 0 Å². The molecule has 0 aliphatic carbocycles. The smallest absolute Gasteiger partial charge is 0.118 e. The quantitative estimate of drug-likeness (QED) is 0.451. The largest absolute Gasteiger partial charge is 0.497 e. The Labute approximate surface area is 170 Å². The Morgan fingerprint density at radius 3 is 2.50 bits per heavy atom. The number of benzene rings is 2. The van der Waals surface area contributed by atoms with E-state index in [1.807, 2.05) is 0 Å². The Bertz CT molecular complexity index is 761. The van der Waals surface area contributed by atoms with Crippen LogP contribution in [0.1, 0.15) is 48.9 Å². The van der Waals surface area contributed by atoms with Crippen molar-refractivity contribution in [2.45, 2.75) is 50.9 Å². The second-order valence-corrected chi connectivity index (χ2v) is 8.92. The number of hydrogen-bond donors (Lipinski definition) is 0. The minimum absolute atomic E-state index is 0.492. The summed E-state index contributed by atoms with van der Waals surface area (Å²) in [5, 5.41) is 0. The van der Waals surface area contributed by atoms with E-state index in [0.29, 0.717) is 24.0 Å². The van der Waals surface area contributed by atoms with Crippen molar-refractivity contribution >= 4 is 22.9 Å². The van der Waals surface area contributed by atoms with E-state index >= 15 is 0 Å². The molecule has 3 atom stereocenters. The molecule has 2 aromatic rings. The summed E-state index contributed by atoms with van der Waals surface area (Å²) in [6, 6.07) is 19.3. The van der Waals surface area contributed by atoms with E-state index in [4.69, 9.17) is 4.74 Å². The van der Waals surface area contributed by atoms with Crippen molar-refractivity contribution in [3.05, 3.63) is 65.2 Å². The van der Waals surface area contributed by atoms with Crippen LogP contribution in [0.15, 0.2) is 48.5 Å². The van der Waals surface area contributed by atoms with Crippen molar-refractivity contribution < 1.29 is 4.74 Å². The van der Waals surface area contributed by atoms with Crippen LogP contribution in [-0.4, -0.2) is 33.8 Å². The molecular formula is C22H27IN2O. The summed E-state index contributed by atoms with van der Waals surface area (Å²) in [6.07, 6.45) is 1.27. The monoisotopic (exact) mass is 462 g/mol. The first-order valence-corrected chi connectivity index (χ1v) is 10.4. The molecule has 2 aromatic carbocycles. The topological polar surface area (TPSA) is 15.7 Å². The predicted molar refractivity (Wildman–Crippen MR) is 115 cm³/mol. The van der Waals surface area contributed by atoms with Crippen molar-refractivity contribution in [2.75, 3.05) is 13.7 Å². The lowest BCUT2D eigenvalue weighted by atomic mass is 9.90. The van der Waals surface area contributed by atoms with Crippen LogP contribution >= 0.6 is 22.9 Å². The lowest BCUT2D eigenvalue weighted by molar-refractivity contribution is 0.138. The molecule has 2 heterocycles. The van der Waals surface area contributed by atoms with Gasteiger partial charge in [0.25, 0.3) is 0 Å². The molecule has 2 saturated heterocycles. The second kappa shape index (κ2) is 7.49. The summed E-state index contributed by atoms with van der Waals surface area (Å²) in [4.78, 5) is 2.68. The van der Waals surface area contributed by atoms with Gasteiger partial charge < -0.3 is 4.74 Å². The van der Waals surface area contributed by atoms with Crippen molar-refractivity contribution in [1.82, 2.24) is 8.01 Å². The Kier molecular flexibility index (Phi) is 5.26. The normalized spacial score (nSPS) is 26.0. The molecule has 4 heteroatoms. The van der Waals surface area contributed by atoms with Crippen LogP contribution in [-0.2, 0) is 6.54 Å². The molecule has 0 saturated carbocycles. The van der Waals surface area contributed by atoms with Gasteiger partial charge in [0.15, 0.2) is 0 Å². The van der Waals surface area contributed by atoms with Gasteiger partial charge in [0, 0.05) is 48.0 Å². The highest BCUT2D eigenvalue weighted by molar-refractivity contribution is 14.1. The van der Waals surface area contributed by atoms with Gasteiger partial charge in [0.2, 0.25) is 0 Å². The number of ether oxygens (including phenoxy) is 1. The number of methoxy groups -OCH3 is 1. The third-order valence-electron chi connectivity index (χ3n) is 5.89. The third-order valence-corrected chi connectivity index (χ3v) is 7.28. The molecule has 2 aliphatic heterocycles. The molecule has 2 bridgehead atoms. The first-order chi connectivity index (χ1) is 12.6. The zero-order valence-electron chi connectivity index (χ0n) is 15.7. The molecule has 0 N–H and O–H groups in total. The minimum Gasteiger partial charge on any atom is -0.497 e. The van der Waals surface area contributed by atoms with Gasteiger partial charge in [-0.2, -0.15) is 0 Å². The molecule has 26 heavy (non-hydrogen) atoms. The molecule has 138 valence electrons. The standard InChI is InChI=1S/C22H27IN2O/c1-15(2)19-6-4-5-7-20(19)22-21-12-17(25(22)23)14-24(21)13-16-8-10-18(26-3)11-9-16/h4-11,15,17,21-22H,12-14H2,1-3H3. The Morgan fingerprint density at radius 2 is 1.85 bits per heavy atom. The van der Waals surface area contributed by atoms with Gasteiger partial charge in [-0.05, 0) is 41.2 Å². The molecule has 2 aliphatic rings. The highest BCUT2D eigenvalue weighted by Gasteiger charge is 2.50. The number of piperazine rings is 1. The summed E-state index contributed by atoms with van der Waals surface area (Å²) in [5.41, 5.74) is 4.38. The lowest BCUT2D eigenvalue weighted by Crippen LogP contribution is -2.44. The van der Waals surface area contributed by atoms with E-state index in [9.17, 15) is 0 Å². The van der Waals surface area contributed by atoms with Crippen LogP contribution in [0.3, 0.4) is 0 Å². The summed E-state index contributed by atoms with van der Waals surface area (Å²) < 4.78 is 7.88. The maximum atomic E-state index is 5.29. The molecular weight excluding hydrogens is 435 g/mol. The van der Waals surface area contributed by atoms with Crippen LogP contribution < -0.4 is 4.74 Å². The summed E-state index contributed by atoms with van der Waals surface area (Å²) >= 11 is 2.57. The maximum Gasteiger partial charge on any atom is 0.118 e. The van der Waals surface area contributed by atoms with Crippen LogP contribution in [0.5, 0.6) is 5.75 Å². The molecule has 3 unspecified atom stereocenters. The highest BCUT2D eigenvalue weighted by Crippen LogP contribution is 2.48. The first kappa shape index (κ1) is 18.3. The molecule has 0 radical (unpaired) electrons. The number of hydrogen-bond acceptors (Lipinski definition) is 3. The van der Waals surface area contributed by atoms with Gasteiger partial charge in [0.05, 0.1) is 13.2 Å². The Balaban J connectivity index is 1.58. The molecule has 2 fully saturated rings. The zero-order chi connectivity index (χ0) is 18.3. The zero-order valence-corrected chi connectivity index (χ0v) is 17.9. The van der Waals surface area contributed by atoms with Gasteiger partial charge in [0.1, 0.15) is 5.75 Å². The third kappa shape index (κ3) is 3.27. The summed E-state index contributed by atoms with van der Waals surface area (Å²) in [7, 11) is 1.72. The molecule has 3 nitrogen and oxygen atoms in total.